The fraction of sp³-hybridized carbons (Fsp3) is 0.226. The number of aryl methyl sites for hydroxylation is 3. The molecule has 11 nitrogen and oxygen atoms in total. The smallest absolute Gasteiger partial charge is 0.271 e. The Kier molecular flexibility index (Phi) is 6.46. The van der Waals surface area contributed by atoms with Crippen molar-refractivity contribution >= 4 is 34.3 Å². The fourth-order valence-corrected chi connectivity index (χ4v) is 5.89. The van der Waals surface area contributed by atoms with Gasteiger partial charge in [-0.3, -0.25) is 29.5 Å². The van der Waals surface area contributed by atoms with Crippen LogP contribution in [0.3, 0.4) is 0 Å². The van der Waals surface area contributed by atoms with Crippen molar-refractivity contribution in [2.75, 3.05) is 5.43 Å². The van der Waals surface area contributed by atoms with Crippen LogP contribution in [0, 0.1) is 20.8 Å². The largest absolute Gasteiger partial charge is 0.280 e. The first-order valence-corrected chi connectivity index (χ1v) is 13.6. The molecule has 3 amide bonds. The summed E-state index contributed by atoms with van der Waals surface area (Å²) in [5.41, 5.74) is 7.91. The van der Waals surface area contributed by atoms with Crippen molar-refractivity contribution in [2.45, 2.75) is 46.2 Å². The molecule has 42 heavy (non-hydrogen) atoms. The van der Waals surface area contributed by atoms with Crippen molar-refractivity contribution in [3.05, 3.63) is 110 Å². The Morgan fingerprint density at radius 2 is 1.55 bits per heavy atom. The molecule has 1 aromatic heterocycles. The average molecular weight is 564 g/mol. The summed E-state index contributed by atoms with van der Waals surface area (Å²) in [7, 11) is 0. The Bertz CT molecular complexity index is 1850. The van der Waals surface area contributed by atoms with E-state index in [1.807, 2.05) is 20.8 Å². The summed E-state index contributed by atoms with van der Waals surface area (Å²) in [6.07, 6.45) is 0.329. The Morgan fingerprint density at radius 3 is 2.19 bits per heavy atom. The summed E-state index contributed by atoms with van der Waals surface area (Å²) in [5.74, 6) is 4.67. The van der Waals surface area contributed by atoms with Crippen LogP contribution in [-0.2, 0) is 4.79 Å². The molecule has 0 aliphatic carbocycles. The van der Waals surface area contributed by atoms with Crippen LogP contribution in [0.25, 0.3) is 10.9 Å². The number of nitrogens with two attached hydrogens (primary N) is 1. The van der Waals surface area contributed by atoms with Crippen molar-refractivity contribution < 1.29 is 14.4 Å². The van der Waals surface area contributed by atoms with Crippen LogP contribution in [0.15, 0.2) is 70.6 Å². The minimum Gasteiger partial charge on any atom is -0.271 e. The van der Waals surface area contributed by atoms with Crippen molar-refractivity contribution in [1.82, 2.24) is 19.7 Å². The Morgan fingerprint density at radius 1 is 0.952 bits per heavy atom. The molecule has 2 atom stereocenters. The predicted molar refractivity (Wildman–Crippen MR) is 157 cm³/mol. The zero-order valence-corrected chi connectivity index (χ0v) is 23.6. The van der Waals surface area contributed by atoms with Gasteiger partial charge < -0.3 is 0 Å². The third-order valence-electron chi connectivity index (χ3n) is 7.82. The zero-order valence-electron chi connectivity index (χ0n) is 23.6. The van der Waals surface area contributed by atoms with Gasteiger partial charge in [-0.2, -0.15) is 5.10 Å². The van der Waals surface area contributed by atoms with Crippen LogP contribution in [0.5, 0.6) is 0 Å². The summed E-state index contributed by atoms with van der Waals surface area (Å²) in [6.45, 7) is 7.49. The van der Waals surface area contributed by atoms with Crippen LogP contribution in [0.1, 0.15) is 68.2 Å². The number of hydrazone groups is 1. The molecule has 0 saturated heterocycles. The Balaban J connectivity index is 1.37. The summed E-state index contributed by atoms with van der Waals surface area (Å²) < 4.78 is 1.05. The summed E-state index contributed by atoms with van der Waals surface area (Å²) in [5, 5.41) is 6.13. The number of imide groups is 1. The number of hydrogen-bond acceptors (Lipinski definition) is 8. The van der Waals surface area contributed by atoms with E-state index in [9.17, 15) is 19.2 Å². The molecule has 212 valence electrons. The van der Waals surface area contributed by atoms with E-state index in [0.717, 1.165) is 37.5 Å². The zero-order chi connectivity index (χ0) is 29.9. The standard InChI is InChI=1S/C31H29N7O4/c1-16-13-17(2)26(18(3)14-16)24-15-25(38(32)34-24)27-33-23-12-8-7-11-22(23)31(42)37(27)35-28(39)19(4)36-29(40)20-9-5-6-10-21(20)30(36)41/h5-14,19,25H,15,32H2,1-4H3,(H,35,39). The van der Waals surface area contributed by atoms with E-state index < -0.39 is 35.4 Å². The first-order chi connectivity index (χ1) is 20.1. The molecule has 3 aromatic carbocycles. The Labute approximate surface area is 241 Å². The average Bonchev–Trinajstić information content (AvgIpc) is 3.45. The number of carbonyl (C=O) groups excluding carboxylic acids is 3. The lowest BCUT2D eigenvalue weighted by Crippen LogP contribution is -2.49. The van der Waals surface area contributed by atoms with Gasteiger partial charge in [0.2, 0.25) is 0 Å². The lowest BCUT2D eigenvalue weighted by molar-refractivity contribution is -0.120. The van der Waals surface area contributed by atoms with Crippen LogP contribution in [0.4, 0.5) is 0 Å². The van der Waals surface area contributed by atoms with E-state index in [-0.39, 0.29) is 22.3 Å². The molecule has 3 N–H and O–H groups in total. The van der Waals surface area contributed by atoms with Gasteiger partial charge in [0.1, 0.15) is 12.1 Å². The minimum absolute atomic E-state index is 0.172. The lowest BCUT2D eigenvalue weighted by Gasteiger charge is -2.25. The number of nitrogens with one attached hydrogen (secondary N) is 1. The molecule has 0 radical (unpaired) electrons. The van der Waals surface area contributed by atoms with Crippen molar-refractivity contribution in [3.8, 4) is 0 Å². The highest BCUT2D eigenvalue weighted by atomic mass is 16.2. The van der Waals surface area contributed by atoms with Gasteiger partial charge in [-0.25, -0.2) is 20.6 Å². The quantitative estimate of drug-likeness (QED) is 0.281. The SMILES string of the molecule is Cc1cc(C)c(C2=NN(N)C(c3nc4ccccc4c(=O)n3NC(=O)C(C)N3C(=O)c4ccccc4C3=O)C2)c(C)c1. The van der Waals surface area contributed by atoms with E-state index in [2.05, 4.69) is 22.7 Å². The van der Waals surface area contributed by atoms with Gasteiger partial charge in [-0.15, -0.1) is 0 Å². The first-order valence-electron chi connectivity index (χ1n) is 13.6. The number of hydrazine groups is 1. The van der Waals surface area contributed by atoms with Crippen LogP contribution >= 0.6 is 0 Å². The van der Waals surface area contributed by atoms with Crippen molar-refractivity contribution in [3.63, 3.8) is 0 Å². The van der Waals surface area contributed by atoms with E-state index in [0.29, 0.717) is 11.9 Å². The van der Waals surface area contributed by atoms with Gasteiger partial charge in [-0.05, 0) is 63.1 Å². The molecule has 0 bridgehead atoms. The number of hydrogen-bond donors (Lipinski definition) is 2. The van der Waals surface area contributed by atoms with E-state index >= 15 is 0 Å². The van der Waals surface area contributed by atoms with Gasteiger partial charge in [-0.1, -0.05) is 42.0 Å². The number of para-hydroxylation sites is 1. The number of carbonyl (C=O) groups is 3. The van der Waals surface area contributed by atoms with Crippen LogP contribution in [0.2, 0.25) is 0 Å². The summed E-state index contributed by atoms with van der Waals surface area (Å²) in [4.78, 5) is 59.0. The molecule has 0 saturated carbocycles. The second kappa shape index (κ2) is 10.0. The van der Waals surface area contributed by atoms with Gasteiger partial charge in [0.05, 0.1) is 27.7 Å². The van der Waals surface area contributed by atoms with Gasteiger partial charge in [0.25, 0.3) is 23.3 Å². The third-order valence-corrected chi connectivity index (χ3v) is 7.82. The Hall–Kier alpha value is -5.16. The summed E-state index contributed by atoms with van der Waals surface area (Å²) >= 11 is 0. The van der Waals surface area contributed by atoms with Gasteiger partial charge in [0, 0.05) is 12.0 Å². The van der Waals surface area contributed by atoms with Gasteiger partial charge >= 0.3 is 0 Å². The molecule has 4 aromatic rings. The number of benzene rings is 3. The van der Waals surface area contributed by atoms with Crippen molar-refractivity contribution in [2.24, 2.45) is 10.9 Å². The third kappa shape index (κ3) is 4.25. The second-order valence-corrected chi connectivity index (χ2v) is 10.7. The first kappa shape index (κ1) is 27.0. The number of fused-ring (bicyclic) bond motifs is 2. The molecule has 0 fully saturated rings. The second-order valence-electron chi connectivity index (χ2n) is 10.7. The molecule has 11 heteroatoms. The topological polar surface area (TPSA) is 143 Å². The molecule has 2 unspecified atom stereocenters. The lowest BCUT2D eigenvalue weighted by atomic mass is 9.93. The number of aromatic nitrogens is 2. The molecule has 0 spiro atoms. The van der Waals surface area contributed by atoms with E-state index in [1.54, 1.807) is 48.5 Å². The van der Waals surface area contributed by atoms with Crippen LogP contribution in [-0.4, -0.2) is 49.2 Å². The predicted octanol–water partition coefficient (Wildman–Crippen LogP) is 3.10. The maximum Gasteiger partial charge on any atom is 0.280 e. The highest BCUT2D eigenvalue weighted by Gasteiger charge is 2.41. The molecule has 2 aliphatic rings. The summed E-state index contributed by atoms with van der Waals surface area (Å²) in [6, 6.07) is 15.4. The number of rotatable bonds is 5. The highest BCUT2D eigenvalue weighted by molar-refractivity contribution is 6.23. The fourth-order valence-electron chi connectivity index (χ4n) is 5.89. The maximum atomic E-state index is 13.8. The monoisotopic (exact) mass is 563 g/mol. The van der Waals surface area contributed by atoms with Gasteiger partial charge in [0.15, 0.2) is 5.82 Å². The molecule has 3 heterocycles. The maximum absolute atomic E-state index is 13.8. The van der Waals surface area contributed by atoms with Crippen molar-refractivity contribution in [1.29, 1.82) is 0 Å². The van der Waals surface area contributed by atoms with E-state index in [1.165, 1.54) is 12.0 Å². The van der Waals surface area contributed by atoms with E-state index in [4.69, 9.17) is 10.8 Å². The normalized spacial score (nSPS) is 17.1. The number of nitrogens with zero attached hydrogens (tertiary/aromatic N) is 5. The highest BCUT2D eigenvalue weighted by Crippen LogP contribution is 2.32. The molecule has 6 rings (SSSR count). The number of amides is 3. The molecule has 2 aliphatic heterocycles. The molecular formula is C31H29N7O4. The van der Waals surface area contributed by atoms with Crippen LogP contribution < -0.4 is 16.8 Å². The minimum atomic E-state index is -1.22. The molecular weight excluding hydrogens is 534 g/mol.